The van der Waals surface area contributed by atoms with Gasteiger partial charge >= 0.3 is 0 Å². The molecule has 0 aromatic carbocycles. The minimum absolute atomic E-state index is 0.0152. The van der Waals surface area contributed by atoms with Crippen LogP contribution in [0.15, 0.2) is 4.52 Å². The molecule has 0 fully saturated rings. The number of aliphatic hydroxyl groups is 1. The Labute approximate surface area is 94.0 Å². The maximum atomic E-state index is 11.5. The third-order valence-electron chi connectivity index (χ3n) is 2.19. The number of rotatable bonds is 3. The van der Waals surface area contributed by atoms with Crippen LogP contribution < -0.4 is 5.32 Å². The first-order valence-corrected chi connectivity index (χ1v) is 5.07. The lowest BCUT2D eigenvalue weighted by molar-refractivity contribution is 0.0583. The van der Waals surface area contributed by atoms with Gasteiger partial charge in [-0.15, -0.1) is 0 Å². The van der Waals surface area contributed by atoms with E-state index in [-0.39, 0.29) is 17.8 Å². The van der Waals surface area contributed by atoms with Crippen LogP contribution in [0.1, 0.15) is 37.3 Å². The maximum absolute atomic E-state index is 11.5. The summed E-state index contributed by atoms with van der Waals surface area (Å²) in [6.45, 7) is 7.44. The SMILES string of the molecule is Cc1nc(C(=O)NCC(O)C(C)(C)C)no1. The van der Waals surface area contributed by atoms with Crippen LogP contribution in [0.4, 0.5) is 0 Å². The van der Waals surface area contributed by atoms with E-state index in [2.05, 4.69) is 20.0 Å². The molecular weight excluding hydrogens is 210 g/mol. The summed E-state index contributed by atoms with van der Waals surface area (Å²) >= 11 is 0. The van der Waals surface area contributed by atoms with E-state index in [4.69, 9.17) is 0 Å². The predicted molar refractivity (Wildman–Crippen MR) is 56.8 cm³/mol. The number of hydrogen-bond acceptors (Lipinski definition) is 5. The van der Waals surface area contributed by atoms with Crippen molar-refractivity contribution in [1.29, 1.82) is 0 Å². The van der Waals surface area contributed by atoms with E-state index in [0.29, 0.717) is 5.89 Å². The number of aryl methyl sites for hydroxylation is 1. The minimum atomic E-state index is -0.621. The van der Waals surface area contributed by atoms with Gasteiger partial charge in [0.15, 0.2) is 0 Å². The average Bonchev–Trinajstić information content (AvgIpc) is 2.59. The molecular formula is C10H17N3O3. The molecule has 0 aliphatic heterocycles. The first kappa shape index (κ1) is 12.6. The van der Waals surface area contributed by atoms with Gasteiger partial charge in [0, 0.05) is 13.5 Å². The fraction of sp³-hybridized carbons (Fsp3) is 0.700. The van der Waals surface area contributed by atoms with Crippen LogP contribution in [-0.4, -0.2) is 33.8 Å². The van der Waals surface area contributed by atoms with Crippen LogP contribution in [0.5, 0.6) is 0 Å². The predicted octanol–water partition coefficient (Wildman–Crippen LogP) is 0.515. The summed E-state index contributed by atoms with van der Waals surface area (Å²) in [5.41, 5.74) is -0.277. The smallest absolute Gasteiger partial charge is 0.292 e. The maximum Gasteiger partial charge on any atom is 0.292 e. The minimum Gasteiger partial charge on any atom is -0.391 e. The molecule has 1 amide bonds. The molecule has 16 heavy (non-hydrogen) atoms. The molecule has 0 spiro atoms. The van der Waals surface area contributed by atoms with Crippen molar-refractivity contribution < 1.29 is 14.4 Å². The van der Waals surface area contributed by atoms with Gasteiger partial charge in [-0.25, -0.2) is 0 Å². The Hall–Kier alpha value is -1.43. The number of amides is 1. The summed E-state index contributed by atoms with van der Waals surface area (Å²) in [5.74, 6) is -0.125. The quantitative estimate of drug-likeness (QED) is 0.785. The van der Waals surface area contributed by atoms with Crippen LogP contribution in [0.25, 0.3) is 0 Å². The van der Waals surface area contributed by atoms with E-state index >= 15 is 0 Å². The van der Waals surface area contributed by atoms with E-state index in [9.17, 15) is 9.90 Å². The Morgan fingerprint density at radius 3 is 2.62 bits per heavy atom. The van der Waals surface area contributed by atoms with E-state index < -0.39 is 12.0 Å². The van der Waals surface area contributed by atoms with Gasteiger partial charge in [-0.3, -0.25) is 4.79 Å². The molecule has 0 saturated carbocycles. The Balaban J connectivity index is 2.48. The number of aliphatic hydroxyl groups excluding tert-OH is 1. The van der Waals surface area contributed by atoms with E-state index in [1.54, 1.807) is 6.92 Å². The van der Waals surface area contributed by atoms with Gasteiger partial charge in [-0.05, 0) is 5.41 Å². The largest absolute Gasteiger partial charge is 0.391 e. The van der Waals surface area contributed by atoms with Crippen molar-refractivity contribution in [2.24, 2.45) is 5.41 Å². The fourth-order valence-corrected chi connectivity index (χ4v) is 0.966. The molecule has 0 aliphatic carbocycles. The second-order valence-corrected chi connectivity index (χ2v) is 4.73. The zero-order valence-electron chi connectivity index (χ0n) is 9.94. The van der Waals surface area contributed by atoms with Gasteiger partial charge in [-0.2, -0.15) is 4.98 Å². The first-order chi connectivity index (χ1) is 7.30. The third kappa shape index (κ3) is 3.30. The molecule has 0 saturated heterocycles. The Bertz CT molecular complexity index is 368. The van der Waals surface area contributed by atoms with E-state index in [1.807, 2.05) is 20.8 Å². The standard InChI is InChI=1S/C10H17N3O3/c1-6-12-8(13-16-6)9(15)11-5-7(14)10(2,3)4/h7,14H,5H2,1-4H3,(H,11,15). The molecule has 0 aliphatic rings. The number of carbonyl (C=O) groups excluding carboxylic acids is 1. The molecule has 6 nitrogen and oxygen atoms in total. The van der Waals surface area contributed by atoms with Gasteiger partial charge in [0.2, 0.25) is 5.89 Å². The summed E-state index contributed by atoms with van der Waals surface area (Å²) in [6.07, 6.45) is -0.621. The second-order valence-electron chi connectivity index (χ2n) is 4.73. The lowest BCUT2D eigenvalue weighted by atomic mass is 9.89. The van der Waals surface area contributed by atoms with Crippen molar-refractivity contribution in [2.75, 3.05) is 6.54 Å². The van der Waals surface area contributed by atoms with Crippen LogP contribution in [-0.2, 0) is 0 Å². The summed E-state index contributed by atoms with van der Waals surface area (Å²) in [6, 6.07) is 0. The van der Waals surface area contributed by atoms with Crippen molar-refractivity contribution in [3.63, 3.8) is 0 Å². The highest BCUT2D eigenvalue weighted by Crippen LogP contribution is 2.18. The van der Waals surface area contributed by atoms with Crippen molar-refractivity contribution in [3.8, 4) is 0 Å². The number of nitrogens with zero attached hydrogens (tertiary/aromatic N) is 2. The Morgan fingerprint density at radius 2 is 2.19 bits per heavy atom. The van der Waals surface area contributed by atoms with E-state index in [0.717, 1.165) is 0 Å². The molecule has 1 aromatic rings. The highest BCUT2D eigenvalue weighted by molar-refractivity contribution is 5.90. The highest BCUT2D eigenvalue weighted by atomic mass is 16.5. The molecule has 1 rings (SSSR count). The van der Waals surface area contributed by atoms with Gasteiger partial charge in [0.1, 0.15) is 0 Å². The third-order valence-corrected chi connectivity index (χ3v) is 2.19. The molecule has 1 unspecified atom stereocenters. The number of aromatic nitrogens is 2. The van der Waals surface area contributed by atoms with E-state index in [1.165, 1.54) is 0 Å². The van der Waals surface area contributed by atoms with Crippen LogP contribution in [0.2, 0.25) is 0 Å². The number of hydrogen-bond donors (Lipinski definition) is 2. The monoisotopic (exact) mass is 227 g/mol. The second kappa shape index (κ2) is 4.61. The van der Waals surface area contributed by atoms with Gasteiger partial charge < -0.3 is 14.9 Å². The summed E-state index contributed by atoms with van der Waals surface area (Å²) in [5, 5.41) is 15.7. The normalized spacial score (nSPS) is 13.6. The molecule has 0 radical (unpaired) electrons. The zero-order chi connectivity index (χ0) is 12.3. The average molecular weight is 227 g/mol. The Kier molecular flexibility index (Phi) is 3.64. The molecule has 0 bridgehead atoms. The molecule has 1 atom stereocenters. The fourth-order valence-electron chi connectivity index (χ4n) is 0.966. The van der Waals surface area contributed by atoms with Crippen molar-refractivity contribution in [2.45, 2.75) is 33.8 Å². The van der Waals surface area contributed by atoms with Crippen LogP contribution in [0.3, 0.4) is 0 Å². The zero-order valence-corrected chi connectivity index (χ0v) is 9.94. The molecule has 2 N–H and O–H groups in total. The van der Waals surface area contributed by atoms with Gasteiger partial charge in [0.05, 0.1) is 6.10 Å². The molecule has 1 aromatic heterocycles. The molecule has 90 valence electrons. The molecule has 1 heterocycles. The molecule has 6 heteroatoms. The lowest BCUT2D eigenvalue weighted by Crippen LogP contribution is -2.39. The van der Waals surface area contributed by atoms with Crippen molar-refractivity contribution in [1.82, 2.24) is 15.5 Å². The summed E-state index contributed by atoms with van der Waals surface area (Å²) in [4.78, 5) is 15.3. The Morgan fingerprint density at radius 1 is 1.56 bits per heavy atom. The number of nitrogens with one attached hydrogen (secondary N) is 1. The summed E-state index contributed by atoms with van der Waals surface area (Å²) in [7, 11) is 0. The van der Waals surface area contributed by atoms with Gasteiger partial charge in [-0.1, -0.05) is 25.9 Å². The van der Waals surface area contributed by atoms with Crippen molar-refractivity contribution >= 4 is 5.91 Å². The topological polar surface area (TPSA) is 88.2 Å². The first-order valence-electron chi connectivity index (χ1n) is 5.07. The van der Waals surface area contributed by atoms with Crippen LogP contribution >= 0.6 is 0 Å². The van der Waals surface area contributed by atoms with Crippen molar-refractivity contribution in [3.05, 3.63) is 11.7 Å². The number of carbonyl (C=O) groups is 1. The lowest BCUT2D eigenvalue weighted by Gasteiger charge is -2.25. The highest BCUT2D eigenvalue weighted by Gasteiger charge is 2.23. The van der Waals surface area contributed by atoms with Crippen LogP contribution in [0, 0.1) is 12.3 Å². The summed E-state index contributed by atoms with van der Waals surface area (Å²) < 4.78 is 4.68. The van der Waals surface area contributed by atoms with Gasteiger partial charge in [0.25, 0.3) is 11.7 Å².